The molecular weight excluding hydrogens is 252 g/mol. The summed E-state index contributed by atoms with van der Waals surface area (Å²) in [5, 5.41) is 9.19. The van der Waals surface area contributed by atoms with E-state index >= 15 is 0 Å². The van der Waals surface area contributed by atoms with E-state index in [1.807, 2.05) is 12.1 Å². The Kier molecular flexibility index (Phi) is 5.10. The van der Waals surface area contributed by atoms with E-state index in [9.17, 15) is 5.11 Å². The van der Waals surface area contributed by atoms with Gasteiger partial charge in [-0.15, -0.1) is 0 Å². The van der Waals surface area contributed by atoms with Crippen LogP contribution in [0.25, 0.3) is 0 Å². The highest BCUT2D eigenvalue weighted by atomic mass is 32.2. The fraction of sp³-hybridized carbons (Fsp3) is 0.176. The molecule has 0 unspecified atom stereocenters. The molecule has 2 rings (SSSR count). The molecule has 2 aromatic rings. The van der Waals surface area contributed by atoms with Crippen molar-refractivity contribution in [2.45, 2.75) is 5.92 Å². The van der Waals surface area contributed by atoms with Crippen molar-refractivity contribution < 1.29 is 5.11 Å². The Hall–Kier alpha value is -1.67. The van der Waals surface area contributed by atoms with Crippen molar-refractivity contribution in [1.82, 2.24) is 0 Å². The van der Waals surface area contributed by atoms with Crippen molar-refractivity contribution in [2.24, 2.45) is 0 Å². The van der Waals surface area contributed by atoms with Gasteiger partial charge in [-0.25, -0.2) is 0 Å². The van der Waals surface area contributed by atoms with Gasteiger partial charge >= 0.3 is 0 Å². The molecule has 0 aliphatic heterocycles. The highest BCUT2D eigenvalue weighted by molar-refractivity contribution is 7.99. The summed E-state index contributed by atoms with van der Waals surface area (Å²) in [5.74, 6) is 2.13. The molecule has 2 aromatic carbocycles. The molecule has 0 radical (unpaired) electrons. The highest BCUT2D eigenvalue weighted by Gasteiger charge is 2.13. The standard InChI is InChI=1S/C17H18OS/c1-14(18)12-19-13-17(15-8-4-2-5-9-15)16-10-6-3-7-11-16/h2-11,17-18H,1,12-13H2. The van der Waals surface area contributed by atoms with Gasteiger partial charge in [0.15, 0.2) is 0 Å². The van der Waals surface area contributed by atoms with E-state index in [4.69, 9.17) is 0 Å². The van der Waals surface area contributed by atoms with Gasteiger partial charge in [0.05, 0.1) is 11.5 Å². The van der Waals surface area contributed by atoms with E-state index in [1.165, 1.54) is 11.1 Å². The van der Waals surface area contributed by atoms with Crippen LogP contribution in [0.2, 0.25) is 0 Å². The van der Waals surface area contributed by atoms with Gasteiger partial charge in [-0.2, -0.15) is 11.8 Å². The number of aliphatic hydroxyl groups is 1. The molecule has 0 aliphatic rings. The maximum absolute atomic E-state index is 9.19. The van der Waals surface area contributed by atoms with Crippen LogP contribution in [0.15, 0.2) is 73.0 Å². The van der Waals surface area contributed by atoms with E-state index in [0.717, 1.165) is 5.75 Å². The van der Waals surface area contributed by atoms with Crippen LogP contribution < -0.4 is 0 Å². The second kappa shape index (κ2) is 7.05. The van der Waals surface area contributed by atoms with Gasteiger partial charge in [0.25, 0.3) is 0 Å². The van der Waals surface area contributed by atoms with E-state index < -0.39 is 0 Å². The lowest BCUT2D eigenvalue weighted by atomic mass is 9.93. The summed E-state index contributed by atoms with van der Waals surface area (Å²) in [6, 6.07) is 21.0. The fourth-order valence-electron chi connectivity index (χ4n) is 2.05. The van der Waals surface area contributed by atoms with Crippen LogP contribution in [-0.4, -0.2) is 16.6 Å². The third-order valence-electron chi connectivity index (χ3n) is 2.96. The molecule has 0 atom stereocenters. The lowest BCUT2D eigenvalue weighted by Gasteiger charge is -2.17. The maximum atomic E-state index is 9.19. The number of hydrogen-bond acceptors (Lipinski definition) is 2. The molecule has 0 heterocycles. The highest BCUT2D eigenvalue weighted by Crippen LogP contribution is 2.28. The molecule has 0 aromatic heterocycles. The van der Waals surface area contributed by atoms with Crippen LogP contribution in [0.3, 0.4) is 0 Å². The van der Waals surface area contributed by atoms with Crippen LogP contribution in [0.5, 0.6) is 0 Å². The monoisotopic (exact) mass is 270 g/mol. The van der Waals surface area contributed by atoms with Crippen molar-refractivity contribution in [1.29, 1.82) is 0 Å². The normalized spacial score (nSPS) is 10.6. The minimum atomic E-state index is 0.241. The SMILES string of the molecule is C=C(O)CSCC(c1ccccc1)c1ccccc1. The predicted molar refractivity (Wildman–Crippen MR) is 83.8 cm³/mol. The second-order valence-electron chi connectivity index (χ2n) is 4.46. The van der Waals surface area contributed by atoms with E-state index in [0.29, 0.717) is 11.7 Å². The minimum absolute atomic E-state index is 0.241. The van der Waals surface area contributed by atoms with Gasteiger partial charge in [0, 0.05) is 11.7 Å². The average Bonchev–Trinajstić information content (AvgIpc) is 2.45. The minimum Gasteiger partial charge on any atom is -0.512 e. The summed E-state index contributed by atoms with van der Waals surface area (Å²) in [5.41, 5.74) is 2.62. The Balaban J connectivity index is 2.17. The molecular formula is C17H18OS. The molecule has 0 fully saturated rings. The van der Waals surface area contributed by atoms with Crippen LogP contribution >= 0.6 is 11.8 Å². The lowest BCUT2D eigenvalue weighted by Crippen LogP contribution is -2.05. The van der Waals surface area contributed by atoms with Crippen LogP contribution in [0, 0.1) is 0 Å². The number of aliphatic hydroxyl groups excluding tert-OH is 1. The quantitative estimate of drug-likeness (QED) is 0.773. The third-order valence-corrected chi connectivity index (χ3v) is 4.06. The van der Waals surface area contributed by atoms with Crippen molar-refractivity contribution in [2.75, 3.05) is 11.5 Å². The third kappa shape index (κ3) is 4.18. The summed E-state index contributed by atoms with van der Waals surface area (Å²) in [6.07, 6.45) is 0. The van der Waals surface area contributed by atoms with Crippen LogP contribution in [0.1, 0.15) is 17.0 Å². The Morgan fingerprint density at radius 2 is 1.42 bits per heavy atom. The Bertz CT molecular complexity index is 468. The van der Waals surface area contributed by atoms with Gasteiger partial charge in [-0.1, -0.05) is 67.2 Å². The summed E-state index contributed by atoms with van der Waals surface area (Å²) in [7, 11) is 0. The summed E-state index contributed by atoms with van der Waals surface area (Å²) in [4.78, 5) is 0. The van der Waals surface area contributed by atoms with Crippen LogP contribution in [0.4, 0.5) is 0 Å². The molecule has 0 amide bonds. The van der Waals surface area contributed by atoms with Gasteiger partial charge in [0.1, 0.15) is 0 Å². The Morgan fingerprint density at radius 1 is 0.947 bits per heavy atom. The molecule has 0 saturated carbocycles. The first-order valence-electron chi connectivity index (χ1n) is 6.32. The molecule has 19 heavy (non-hydrogen) atoms. The van der Waals surface area contributed by atoms with Crippen molar-refractivity contribution >= 4 is 11.8 Å². The van der Waals surface area contributed by atoms with E-state index in [1.54, 1.807) is 11.8 Å². The molecule has 0 bridgehead atoms. The van der Waals surface area contributed by atoms with Crippen molar-refractivity contribution in [3.05, 3.63) is 84.1 Å². The molecule has 1 nitrogen and oxygen atoms in total. The summed E-state index contributed by atoms with van der Waals surface area (Å²) >= 11 is 1.71. The summed E-state index contributed by atoms with van der Waals surface area (Å²) < 4.78 is 0. The zero-order chi connectivity index (χ0) is 13.5. The van der Waals surface area contributed by atoms with Crippen molar-refractivity contribution in [3.63, 3.8) is 0 Å². The Labute approximate surface area is 119 Å². The average molecular weight is 270 g/mol. The van der Waals surface area contributed by atoms with Gasteiger partial charge < -0.3 is 5.11 Å². The van der Waals surface area contributed by atoms with E-state index in [-0.39, 0.29) is 5.76 Å². The topological polar surface area (TPSA) is 20.2 Å². The van der Waals surface area contributed by atoms with Gasteiger partial charge in [0.2, 0.25) is 0 Å². The molecule has 0 spiro atoms. The molecule has 0 saturated heterocycles. The predicted octanol–water partition coefficient (Wildman–Crippen LogP) is 4.62. The summed E-state index contributed by atoms with van der Waals surface area (Å²) in [6.45, 7) is 3.53. The number of hydrogen-bond donors (Lipinski definition) is 1. The lowest BCUT2D eigenvalue weighted by molar-refractivity contribution is 0.420. The first kappa shape index (κ1) is 13.8. The molecule has 98 valence electrons. The largest absolute Gasteiger partial charge is 0.512 e. The maximum Gasteiger partial charge on any atom is 0.0949 e. The van der Waals surface area contributed by atoms with Crippen LogP contribution in [-0.2, 0) is 0 Å². The first-order chi connectivity index (χ1) is 9.27. The number of thioether (sulfide) groups is 1. The first-order valence-corrected chi connectivity index (χ1v) is 7.47. The number of benzene rings is 2. The van der Waals surface area contributed by atoms with Gasteiger partial charge in [-0.3, -0.25) is 0 Å². The zero-order valence-corrected chi connectivity index (χ0v) is 11.6. The molecule has 2 heteroatoms. The molecule has 1 N–H and O–H groups in total. The number of rotatable bonds is 6. The molecule has 0 aliphatic carbocycles. The Morgan fingerprint density at radius 3 is 1.84 bits per heavy atom. The van der Waals surface area contributed by atoms with Gasteiger partial charge in [-0.05, 0) is 11.1 Å². The van der Waals surface area contributed by atoms with E-state index in [2.05, 4.69) is 55.1 Å². The second-order valence-corrected chi connectivity index (χ2v) is 5.49. The smallest absolute Gasteiger partial charge is 0.0949 e. The zero-order valence-electron chi connectivity index (χ0n) is 10.8. The fourth-order valence-corrected chi connectivity index (χ4v) is 3.02. The van der Waals surface area contributed by atoms with Crippen molar-refractivity contribution in [3.8, 4) is 0 Å².